The van der Waals surface area contributed by atoms with E-state index < -0.39 is 0 Å². The number of nitrogens with zero attached hydrogens (tertiary/aromatic N) is 1. The Balaban J connectivity index is 1.32. The zero-order valence-electron chi connectivity index (χ0n) is 28.0. The normalized spacial score (nSPS) is 13.6. The van der Waals surface area contributed by atoms with Crippen LogP contribution < -0.4 is 0 Å². The maximum atomic E-state index is 2.51. The second-order valence-corrected chi connectivity index (χ2v) is 14.4. The van der Waals surface area contributed by atoms with Gasteiger partial charge in [-0.25, -0.2) is 0 Å². The molecule has 0 saturated carbocycles. The second-order valence-electron chi connectivity index (χ2n) is 14.4. The van der Waals surface area contributed by atoms with Crippen LogP contribution in [-0.4, -0.2) is 4.57 Å². The van der Waals surface area contributed by atoms with Crippen LogP contribution in [0, 0.1) is 0 Å². The summed E-state index contributed by atoms with van der Waals surface area (Å²) < 4.78 is 2.48. The summed E-state index contributed by atoms with van der Waals surface area (Å²) in [4.78, 5) is 0. The molecule has 1 aliphatic carbocycles. The molecule has 0 radical (unpaired) electrons. The molecule has 1 nitrogen and oxygen atoms in total. The Hall–Kier alpha value is -6.18. The minimum Gasteiger partial charge on any atom is -0.309 e. The predicted octanol–water partition coefficient (Wildman–Crippen LogP) is 13.3. The molecule has 9 aromatic carbocycles. The quantitative estimate of drug-likeness (QED) is 0.170. The van der Waals surface area contributed by atoms with E-state index in [1.165, 1.54) is 104 Å². The minimum absolute atomic E-state index is 0.185. The number of hydrogen-bond donors (Lipinski definition) is 0. The molecule has 0 bridgehead atoms. The molecule has 10 aromatic rings. The summed E-state index contributed by atoms with van der Waals surface area (Å²) in [6.45, 7) is 4.84. The van der Waals surface area contributed by atoms with E-state index in [1.807, 2.05) is 0 Å². The second kappa shape index (κ2) is 9.94. The molecule has 0 unspecified atom stereocenters. The van der Waals surface area contributed by atoms with Crippen molar-refractivity contribution in [2.75, 3.05) is 0 Å². The molecule has 0 aliphatic heterocycles. The lowest BCUT2D eigenvalue weighted by Crippen LogP contribution is -2.16. The van der Waals surface area contributed by atoms with Gasteiger partial charge in [-0.3, -0.25) is 0 Å². The van der Waals surface area contributed by atoms with Crippen molar-refractivity contribution in [2.45, 2.75) is 19.3 Å². The Kier molecular flexibility index (Phi) is 5.51. The van der Waals surface area contributed by atoms with Crippen LogP contribution in [0.4, 0.5) is 0 Å². The third kappa shape index (κ3) is 3.56. The highest BCUT2D eigenvalue weighted by molar-refractivity contribution is 6.28. The lowest BCUT2D eigenvalue weighted by atomic mass is 9.77. The van der Waals surface area contributed by atoms with Gasteiger partial charge in [-0.2, -0.15) is 0 Å². The highest BCUT2D eigenvalue weighted by Crippen LogP contribution is 2.57. The van der Waals surface area contributed by atoms with Crippen molar-refractivity contribution in [1.29, 1.82) is 0 Å². The first-order valence-electron chi connectivity index (χ1n) is 17.6. The van der Waals surface area contributed by atoms with E-state index >= 15 is 0 Å². The smallest absolute Gasteiger partial charge is 0.0553 e. The molecule has 1 aliphatic rings. The molecular weight excluding hydrogens is 603 g/mol. The van der Waals surface area contributed by atoms with E-state index in [0.29, 0.717) is 0 Å². The molecule has 1 heterocycles. The summed E-state index contributed by atoms with van der Waals surface area (Å²) in [5.41, 5.74) is 14.2. The van der Waals surface area contributed by atoms with Crippen molar-refractivity contribution in [3.8, 4) is 39.1 Å². The van der Waals surface area contributed by atoms with Crippen LogP contribution in [0.1, 0.15) is 25.0 Å². The van der Waals surface area contributed by atoms with Gasteiger partial charge in [0.15, 0.2) is 0 Å². The number of para-hydroxylation sites is 2. The topological polar surface area (TPSA) is 4.93 Å². The van der Waals surface area contributed by atoms with Crippen LogP contribution >= 0.6 is 0 Å². The average molecular weight is 636 g/mol. The highest BCUT2D eigenvalue weighted by atomic mass is 15.0. The lowest BCUT2D eigenvalue weighted by molar-refractivity contribution is 0.662. The van der Waals surface area contributed by atoms with Gasteiger partial charge >= 0.3 is 0 Å². The Morgan fingerprint density at radius 3 is 1.78 bits per heavy atom. The number of fused-ring (bicyclic) bond motifs is 7. The van der Waals surface area contributed by atoms with E-state index in [4.69, 9.17) is 0 Å². The first-order valence-corrected chi connectivity index (χ1v) is 17.6. The summed E-state index contributed by atoms with van der Waals surface area (Å²) in [5.74, 6) is 0. The Morgan fingerprint density at radius 2 is 1.02 bits per heavy atom. The van der Waals surface area contributed by atoms with Crippen LogP contribution in [0.25, 0.3) is 93.2 Å². The molecule has 0 atom stereocenters. The van der Waals surface area contributed by atoms with Gasteiger partial charge in [-0.15, -0.1) is 0 Å². The largest absolute Gasteiger partial charge is 0.309 e. The Morgan fingerprint density at radius 1 is 0.420 bits per heavy atom. The molecule has 0 fully saturated rings. The van der Waals surface area contributed by atoms with Crippen LogP contribution in [0.5, 0.6) is 0 Å². The molecular formula is C49H33N. The maximum Gasteiger partial charge on any atom is 0.0553 e. The van der Waals surface area contributed by atoms with E-state index in [-0.39, 0.29) is 5.41 Å². The molecule has 0 N–H and O–H groups in total. The fourth-order valence-electron chi connectivity index (χ4n) is 9.40. The summed E-state index contributed by atoms with van der Waals surface area (Å²) in [6.07, 6.45) is 0. The first kappa shape index (κ1) is 27.7. The molecule has 0 spiro atoms. The Labute approximate surface area is 291 Å². The van der Waals surface area contributed by atoms with Crippen molar-refractivity contribution in [2.24, 2.45) is 0 Å². The average Bonchev–Trinajstić information content (AvgIpc) is 3.62. The fourth-order valence-corrected chi connectivity index (χ4v) is 9.40. The van der Waals surface area contributed by atoms with Crippen LogP contribution in [0.15, 0.2) is 164 Å². The number of hydrogen-bond acceptors (Lipinski definition) is 0. The predicted molar refractivity (Wildman–Crippen MR) is 213 cm³/mol. The van der Waals surface area contributed by atoms with Gasteiger partial charge in [-0.05, 0) is 101 Å². The van der Waals surface area contributed by atoms with Crippen LogP contribution in [0.3, 0.4) is 0 Å². The zero-order valence-corrected chi connectivity index (χ0v) is 28.0. The lowest BCUT2D eigenvalue weighted by Gasteiger charge is -2.26. The molecule has 234 valence electrons. The standard InChI is InChI=1S/C49H33N/c1-49(2)41-19-11-9-17-38(41)47-46-39-18-10-12-20-42(39)50(33-15-7-4-8-16-33)43(46)29-40(48(47)49)35-26-22-32-23-27-36-34(30-13-5-3-6-14-30)25-21-31-24-28-37(35)45(32)44(31)36/h3-29H,1-2H3. The van der Waals surface area contributed by atoms with Crippen molar-refractivity contribution < 1.29 is 0 Å². The highest BCUT2D eigenvalue weighted by Gasteiger charge is 2.40. The fraction of sp³-hybridized carbons (Fsp3) is 0.0612. The molecule has 1 aromatic heterocycles. The Bertz CT molecular complexity index is 2980. The molecule has 0 saturated heterocycles. The SMILES string of the molecule is CC1(C)c2ccccc2-c2c1c(-c1ccc3ccc4c(-c5ccccc5)ccc5ccc1c3c54)cc1c2c2ccccc2n1-c1ccccc1. The van der Waals surface area contributed by atoms with Crippen molar-refractivity contribution in [3.63, 3.8) is 0 Å². The van der Waals surface area contributed by atoms with Crippen LogP contribution in [0.2, 0.25) is 0 Å². The third-order valence-electron chi connectivity index (χ3n) is 11.5. The van der Waals surface area contributed by atoms with Gasteiger partial charge in [0.25, 0.3) is 0 Å². The summed E-state index contributed by atoms with van der Waals surface area (Å²) in [6, 6.07) is 60.9. The van der Waals surface area contributed by atoms with Gasteiger partial charge in [-0.1, -0.05) is 153 Å². The van der Waals surface area contributed by atoms with E-state index in [9.17, 15) is 0 Å². The van der Waals surface area contributed by atoms with Gasteiger partial charge < -0.3 is 4.57 Å². The van der Waals surface area contributed by atoms with Gasteiger partial charge in [0, 0.05) is 21.9 Å². The summed E-state index contributed by atoms with van der Waals surface area (Å²) in [5, 5.41) is 10.5. The van der Waals surface area contributed by atoms with Gasteiger partial charge in [0.2, 0.25) is 0 Å². The number of aromatic nitrogens is 1. The monoisotopic (exact) mass is 635 g/mol. The maximum absolute atomic E-state index is 2.51. The molecule has 1 heteroatoms. The van der Waals surface area contributed by atoms with Crippen molar-refractivity contribution >= 4 is 54.1 Å². The first-order chi connectivity index (χ1) is 24.6. The van der Waals surface area contributed by atoms with Crippen LogP contribution in [-0.2, 0) is 5.41 Å². The summed E-state index contributed by atoms with van der Waals surface area (Å²) in [7, 11) is 0. The number of benzene rings is 9. The molecule has 0 amide bonds. The van der Waals surface area contributed by atoms with E-state index in [1.54, 1.807) is 0 Å². The van der Waals surface area contributed by atoms with Gasteiger partial charge in [0.05, 0.1) is 11.0 Å². The number of rotatable bonds is 3. The minimum atomic E-state index is -0.185. The molecule has 50 heavy (non-hydrogen) atoms. The van der Waals surface area contributed by atoms with Crippen molar-refractivity contribution in [3.05, 3.63) is 175 Å². The van der Waals surface area contributed by atoms with Gasteiger partial charge in [0.1, 0.15) is 0 Å². The van der Waals surface area contributed by atoms with E-state index in [2.05, 4.69) is 182 Å². The molecule has 11 rings (SSSR count). The van der Waals surface area contributed by atoms with E-state index in [0.717, 1.165) is 0 Å². The zero-order chi connectivity index (χ0) is 33.1. The van der Waals surface area contributed by atoms with Crippen molar-refractivity contribution in [1.82, 2.24) is 4.57 Å². The third-order valence-corrected chi connectivity index (χ3v) is 11.5. The summed E-state index contributed by atoms with van der Waals surface area (Å²) >= 11 is 0.